The summed E-state index contributed by atoms with van der Waals surface area (Å²) in [6, 6.07) is 16.0. The molecule has 2 aliphatic heterocycles. The van der Waals surface area contributed by atoms with E-state index in [4.69, 9.17) is 9.47 Å². The van der Waals surface area contributed by atoms with Crippen molar-refractivity contribution in [2.75, 3.05) is 27.3 Å². The van der Waals surface area contributed by atoms with Crippen molar-refractivity contribution in [2.24, 2.45) is 0 Å². The molecule has 2 atom stereocenters. The third kappa shape index (κ3) is 4.59. The molecule has 2 aliphatic rings. The molecule has 30 heavy (non-hydrogen) atoms. The maximum Gasteiger partial charge on any atom is 0.255 e. The molecule has 2 saturated heterocycles. The minimum absolute atomic E-state index is 0.0638. The second kappa shape index (κ2) is 9.47. The summed E-state index contributed by atoms with van der Waals surface area (Å²) < 4.78 is 10.6. The molecule has 2 fully saturated rings. The molecule has 3 N–H and O–H groups in total. The normalized spacial score (nSPS) is 22.6. The van der Waals surface area contributed by atoms with Gasteiger partial charge in [-0.15, -0.1) is 0 Å². The van der Waals surface area contributed by atoms with Crippen LogP contribution in [0.25, 0.3) is 0 Å². The van der Waals surface area contributed by atoms with Crippen molar-refractivity contribution in [1.82, 2.24) is 21.1 Å². The highest BCUT2D eigenvalue weighted by atomic mass is 16.5. The van der Waals surface area contributed by atoms with Gasteiger partial charge in [-0.05, 0) is 49.1 Å². The standard InChI is InChI=1S/C23H30N4O3/c1-29-18-9-7-16(8-10-18)20-15-22(26-25-20)27-13-11-17(12-14-27)24-23(28)19-5-3-4-6-21(19)30-2/h3-10,17,20,22,25-26H,11-15H2,1-2H3,(H,24,28). The van der Waals surface area contributed by atoms with Gasteiger partial charge in [0.1, 0.15) is 11.5 Å². The summed E-state index contributed by atoms with van der Waals surface area (Å²) in [5.74, 6) is 1.42. The fourth-order valence-electron chi connectivity index (χ4n) is 4.28. The van der Waals surface area contributed by atoms with Gasteiger partial charge in [-0.2, -0.15) is 0 Å². The number of amides is 1. The number of carbonyl (C=O) groups excluding carboxylic acids is 1. The summed E-state index contributed by atoms with van der Waals surface area (Å²) in [6.07, 6.45) is 3.17. The number of nitrogens with one attached hydrogen (secondary N) is 3. The van der Waals surface area contributed by atoms with Gasteiger partial charge >= 0.3 is 0 Å². The molecule has 7 heteroatoms. The maximum atomic E-state index is 12.6. The maximum absolute atomic E-state index is 12.6. The van der Waals surface area contributed by atoms with Crippen LogP contribution in [-0.4, -0.2) is 50.3 Å². The predicted octanol–water partition coefficient (Wildman–Crippen LogP) is 2.46. The molecule has 0 aromatic heterocycles. The lowest BCUT2D eigenvalue weighted by molar-refractivity contribution is 0.0877. The highest BCUT2D eigenvalue weighted by molar-refractivity contribution is 5.97. The SMILES string of the molecule is COc1ccc(C2CC(N3CCC(NC(=O)c4ccccc4OC)CC3)NN2)cc1. The Hall–Kier alpha value is -2.61. The quantitative estimate of drug-likeness (QED) is 0.679. The molecule has 2 unspecified atom stereocenters. The molecule has 7 nitrogen and oxygen atoms in total. The molecule has 1 amide bonds. The van der Waals surface area contributed by atoms with Gasteiger partial charge in [-0.25, -0.2) is 10.9 Å². The fraction of sp³-hybridized carbons (Fsp3) is 0.435. The minimum Gasteiger partial charge on any atom is -0.497 e. The van der Waals surface area contributed by atoms with Gasteiger partial charge in [-0.1, -0.05) is 24.3 Å². The first kappa shape index (κ1) is 20.7. The first-order valence-electron chi connectivity index (χ1n) is 10.5. The van der Waals surface area contributed by atoms with Crippen LogP contribution >= 0.6 is 0 Å². The van der Waals surface area contributed by atoms with E-state index in [-0.39, 0.29) is 18.0 Å². The highest BCUT2D eigenvalue weighted by Gasteiger charge is 2.32. The second-order valence-corrected chi connectivity index (χ2v) is 7.85. The summed E-state index contributed by atoms with van der Waals surface area (Å²) in [6.45, 7) is 1.90. The van der Waals surface area contributed by atoms with Crippen LogP contribution in [0, 0.1) is 0 Å². The third-order valence-corrected chi connectivity index (χ3v) is 6.06. The minimum atomic E-state index is -0.0638. The Labute approximate surface area is 177 Å². The Balaban J connectivity index is 1.27. The highest BCUT2D eigenvalue weighted by Crippen LogP contribution is 2.27. The van der Waals surface area contributed by atoms with Gasteiger partial charge in [0.25, 0.3) is 5.91 Å². The van der Waals surface area contributed by atoms with Gasteiger partial charge in [0.05, 0.1) is 25.9 Å². The average molecular weight is 411 g/mol. The topological polar surface area (TPSA) is 74.9 Å². The molecule has 2 heterocycles. The van der Waals surface area contributed by atoms with Crippen LogP contribution in [0.4, 0.5) is 0 Å². The number of rotatable bonds is 6. The predicted molar refractivity (Wildman–Crippen MR) is 115 cm³/mol. The number of hydrogen-bond acceptors (Lipinski definition) is 6. The number of hydrogen-bond donors (Lipinski definition) is 3. The number of piperidine rings is 1. The summed E-state index contributed by atoms with van der Waals surface area (Å²) >= 11 is 0. The third-order valence-electron chi connectivity index (χ3n) is 6.06. The fourth-order valence-corrected chi connectivity index (χ4v) is 4.28. The smallest absolute Gasteiger partial charge is 0.255 e. The van der Waals surface area contributed by atoms with E-state index in [1.165, 1.54) is 5.56 Å². The lowest BCUT2D eigenvalue weighted by atomic mass is 10.0. The van der Waals surface area contributed by atoms with Crippen LogP contribution in [0.5, 0.6) is 11.5 Å². The van der Waals surface area contributed by atoms with Crippen molar-refractivity contribution in [3.63, 3.8) is 0 Å². The Morgan fingerprint density at radius 2 is 1.73 bits per heavy atom. The Kier molecular flexibility index (Phi) is 6.52. The van der Waals surface area contributed by atoms with Crippen molar-refractivity contribution in [3.8, 4) is 11.5 Å². The number of likely N-dealkylation sites (tertiary alicyclic amines) is 1. The molecule has 2 aromatic carbocycles. The Morgan fingerprint density at radius 1 is 1.00 bits per heavy atom. The van der Waals surface area contributed by atoms with Gasteiger partial charge < -0.3 is 14.8 Å². The number of benzene rings is 2. The van der Waals surface area contributed by atoms with E-state index < -0.39 is 0 Å². The molecule has 0 radical (unpaired) electrons. The van der Waals surface area contributed by atoms with Crippen molar-refractivity contribution < 1.29 is 14.3 Å². The van der Waals surface area contributed by atoms with Crippen LogP contribution in [0.1, 0.15) is 41.2 Å². The monoisotopic (exact) mass is 410 g/mol. The summed E-state index contributed by atoms with van der Waals surface area (Å²) in [7, 11) is 3.27. The van der Waals surface area contributed by atoms with E-state index in [9.17, 15) is 4.79 Å². The van der Waals surface area contributed by atoms with E-state index in [0.29, 0.717) is 17.5 Å². The van der Waals surface area contributed by atoms with Crippen LogP contribution in [0.3, 0.4) is 0 Å². The van der Waals surface area contributed by atoms with Crippen molar-refractivity contribution in [3.05, 3.63) is 59.7 Å². The Morgan fingerprint density at radius 3 is 2.43 bits per heavy atom. The molecule has 0 aliphatic carbocycles. The molecule has 160 valence electrons. The van der Waals surface area contributed by atoms with Crippen molar-refractivity contribution >= 4 is 5.91 Å². The van der Waals surface area contributed by atoms with E-state index >= 15 is 0 Å². The Bertz CT molecular complexity index is 850. The molecule has 4 rings (SSSR count). The molecule has 0 saturated carbocycles. The zero-order chi connectivity index (χ0) is 20.9. The number of hydrazine groups is 1. The number of nitrogens with zero attached hydrogens (tertiary/aromatic N) is 1. The lowest BCUT2D eigenvalue weighted by Gasteiger charge is -2.35. The van der Waals surface area contributed by atoms with E-state index in [1.807, 2.05) is 30.3 Å². The summed E-state index contributed by atoms with van der Waals surface area (Å²) in [5.41, 5.74) is 8.70. The zero-order valence-corrected chi connectivity index (χ0v) is 17.6. The van der Waals surface area contributed by atoms with Crippen LogP contribution in [0.2, 0.25) is 0 Å². The molecular weight excluding hydrogens is 380 g/mol. The van der Waals surface area contributed by atoms with E-state index in [2.05, 4.69) is 33.2 Å². The lowest BCUT2D eigenvalue weighted by Crippen LogP contribution is -2.51. The second-order valence-electron chi connectivity index (χ2n) is 7.85. The van der Waals surface area contributed by atoms with Crippen LogP contribution in [0.15, 0.2) is 48.5 Å². The number of para-hydroxylation sites is 1. The van der Waals surface area contributed by atoms with Crippen molar-refractivity contribution in [1.29, 1.82) is 0 Å². The molecule has 0 spiro atoms. The number of carbonyl (C=O) groups is 1. The number of ether oxygens (including phenoxy) is 2. The molecular formula is C23H30N4O3. The summed E-state index contributed by atoms with van der Waals surface area (Å²) in [4.78, 5) is 15.1. The van der Waals surface area contributed by atoms with E-state index in [0.717, 1.165) is 38.1 Å². The first-order valence-corrected chi connectivity index (χ1v) is 10.5. The van der Waals surface area contributed by atoms with Gasteiger partial charge in [0.15, 0.2) is 0 Å². The zero-order valence-electron chi connectivity index (χ0n) is 17.6. The molecule has 0 bridgehead atoms. The largest absolute Gasteiger partial charge is 0.497 e. The first-order chi connectivity index (χ1) is 14.7. The average Bonchev–Trinajstić information content (AvgIpc) is 3.30. The summed E-state index contributed by atoms with van der Waals surface area (Å²) in [5, 5.41) is 3.17. The van der Waals surface area contributed by atoms with E-state index in [1.54, 1.807) is 20.3 Å². The van der Waals surface area contributed by atoms with Crippen LogP contribution in [-0.2, 0) is 0 Å². The van der Waals surface area contributed by atoms with Gasteiger partial charge in [-0.3, -0.25) is 9.69 Å². The van der Waals surface area contributed by atoms with Gasteiger partial charge in [0, 0.05) is 25.2 Å². The number of methoxy groups -OCH3 is 2. The van der Waals surface area contributed by atoms with Gasteiger partial charge in [0.2, 0.25) is 0 Å². The van der Waals surface area contributed by atoms with Crippen LogP contribution < -0.4 is 25.6 Å². The van der Waals surface area contributed by atoms with Crippen molar-refractivity contribution in [2.45, 2.75) is 37.5 Å². The molecule has 2 aromatic rings.